The summed E-state index contributed by atoms with van der Waals surface area (Å²) in [5.41, 5.74) is 1.93. The summed E-state index contributed by atoms with van der Waals surface area (Å²) in [6.07, 6.45) is 3.30. The van der Waals surface area contributed by atoms with Crippen molar-refractivity contribution in [2.75, 3.05) is 19.0 Å². The number of benzene rings is 3. The van der Waals surface area contributed by atoms with Crippen LogP contribution in [0.1, 0.15) is 15.9 Å². The molecule has 0 saturated heterocycles. The monoisotopic (exact) mass is 359 g/mol. The second-order valence-electron chi connectivity index (χ2n) is 6.22. The van der Waals surface area contributed by atoms with Gasteiger partial charge in [-0.05, 0) is 58.8 Å². The number of hydrogen-bond donors (Lipinski definition) is 1. The van der Waals surface area contributed by atoms with Gasteiger partial charge in [0.15, 0.2) is 12.4 Å². The van der Waals surface area contributed by atoms with Crippen molar-refractivity contribution < 1.29 is 19.1 Å². The molecule has 0 saturated carbocycles. The van der Waals surface area contributed by atoms with E-state index in [-0.39, 0.29) is 18.3 Å². The lowest BCUT2D eigenvalue weighted by Crippen LogP contribution is -2.25. The van der Waals surface area contributed by atoms with Gasteiger partial charge in [0, 0.05) is 5.56 Å². The van der Waals surface area contributed by atoms with Crippen LogP contribution in [0.15, 0.2) is 60.7 Å². The normalized spacial score (nSPS) is 13.1. The van der Waals surface area contributed by atoms with Crippen LogP contribution in [-0.4, -0.2) is 25.4 Å². The molecule has 27 heavy (non-hydrogen) atoms. The highest BCUT2D eigenvalue weighted by atomic mass is 16.5. The number of rotatable bonds is 4. The van der Waals surface area contributed by atoms with Crippen molar-refractivity contribution in [1.82, 2.24) is 0 Å². The number of ether oxygens (including phenoxy) is 2. The van der Waals surface area contributed by atoms with Crippen molar-refractivity contribution in [2.24, 2.45) is 0 Å². The molecule has 1 N–H and O–H groups in total. The predicted molar refractivity (Wildman–Crippen MR) is 104 cm³/mol. The van der Waals surface area contributed by atoms with Crippen LogP contribution in [0.5, 0.6) is 11.5 Å². The third-order valence-electron chi connectivity index (χ3n) is 4.40. The Kier molecular flexibility index (Phi) is 4.34. The summed E-state index contributed by atoms with van der Waals surface area (Å²) >= 11 is 0. The zero-order valence-electron chi connectivity index (χ0n) is 14.7. The fourth-order valence-electron chi connectivity index (χ4n) is 2.98. The van der Waals surface area contributed by atoms with Gasteiger partial charge < -0.3 is 14.8 Å². The Morgan fingerprint density at radius 2 is 1.89 bits per heavy atom. The molecule has 1 heterocycles. The molecule has 3 aromatic carbocycles. The molecule has 5 heteroatoms. The Hall–Kier alpha value is -3.60. The summed E-state index contributed by atoms with van der Waals surface area (Å²) in [6.45, 7) is -0.00592. The molecule has 3 aromatic rings. The van der Waals surface area contributed by atoms with Crippen LogP contribution in [-0.2, 0) is 4.79 Å². The van der Waals surface area contributed by atoms with E-state index < -0.39 is 0 Å². The highest BCUT2D eigenvalue weighted by Crippen LogP contribution is 2.29. The summed E-state index contributed by atoms with van der Waals surface area (Å²) in [5, 5.41) is 4.85. The van der Waals surface area contributed by atoms with Crippen molar-refractivity contribution >= 4 is 34.2 Å². The van der Waals surface area contributed by atoms with E-state index in [2.05, 4.69) is 5.32 Å². The Morgan fingerprint density at radius 3 is 2.74 bits per heavy atom. The molecule has 1 amide bonds. The van der Waals surface area contributed by atoms with E-state index >= 15 is 0 Å². The quantitative estimate of drug-likeness (QED) is 0.563. The first-order chi connectivity index (χ1) is 13.1. The Balaban J connectivity index is 1.55. The molecule has 134 valence electrons. The molecule has 0 atom stereocenters. The number of amides is 1. The Bertz CT molecular complexity index is 1080. The second-order valence-corrected chi connectivity index (χ2v) is 6.22. The maximum absolute atomic E-state index is 12.5. The third kappa shape index (κ3) is 3.53. The van der Waals surface area contributed by atoms with E-state index in [4.69, 9.17) is 9.47 Å². The van der Waals surface area contributed by atoms with Crippen LogP contribution in [0, 0.1) is 0 Å². The minimum Gasteiger partial charge on any atom is -0.497 e. The van der Waals surface area contributed by atoms with E-state index in [0.717, 1.165) is 22.1 Å². The molecule has 0 bridgehead atoms. The van der Waals surface area contributed by atoms with Crippen LogP contribution in [0.4, 0.5) is 5.69 Å². The molecular weight excluding hydrogens is 342 g/mol. The van der Waals surface area contributed by atoms with E-state index in [0.29, 0.717) is 17.0 Å². The van der Waals surface area contributed by atoms with Gasteiger partial charge in [-0.1, -0.05) is 24.3 Å². The molecule has 0 aliphatic carbocycles. The number of carbonyl (C=O) groups is 2. The molecule has 0 aromatic heterocycles. The first-order valence-corrected chi connectivity index (χ1v) is 8.49. The lowest BCUT2D eigenvalue weighted by molar-refractivity contribution is -0.118. The maximum Gasteiger partial charge on any atom is 0.262 e. The van der Waals surface area contributed by atoms with Crippen molar-refractivity contribution in [2.45, 2.75) is 0 Å². The van der Waals surface area contributed by atoms with Gasteiger partial charge in [-0.15, -0.1) is 0 Å². The lowest BCUT2D eigenvalue weighted by atomic mass is 10.0. The fraction of sp³-hybridized carbons (Fsp3) is 0.0909. The number of fused-ring (bicyclic) bond motifs is 2. The number of nitrogens with one attached hydrogen (secondary N) is 1. The van der Waals surface area contributed by atoms with Crippen LogP contribution in [0.2, 0.25) is 0 Å². The zero-order valence-corrected chi connectivity index (χ0v) is 14.7. The number of ketones is 1. The van der Waals surface area contributed by atoms with Crippen molar-refractivity contribution in [3.05, 3.63) is 71.8 Å². The maximum atomic E-state index is 12.5. The average molecular weight is 359 g/mol. The van der Waals surface area contributed by atoms with Gasteiger partial charge in [0.05, 0.1) is 12.8 Å². The molecule has 0 radical (unpaired) electrons. The van der Waals surface area contributed by atoms with Crippen molar-refractivity contribution in [1.29, 1.82) is 0 Å². The lowest BCUT2D eigenvalue weighted by Gasteiger charge is -2.17. The van der Waals surface area contributed by atoms with Crippen LogP contribution in [0.3, 0.4) is 0 Å². The minimum absolute atomic E-state index is 0.00592. The van der Waals surface area contributed by atoms with Crippen molar-refractivity contribution in [3.63, 3.8) is 0 Å². The highest BCUT2D eigenvalue weighted by molar-refractivity contribution is 6.08. The summed E-state index contributed by atoms with van der Waals surface area (Å²) in [7, 11) is 1.64. The SMILES string of the molecule is COc1ccc2cc(/C=C/C(=O)c3ccc4c(c3)NC(=O)CO4)ccc2c1. The first kappa shape index (κ1) is 16.8. The zero-order chi connectivity index (χ0) is 18.8. The summed E-state index contributed by atoms with van der Waals surface area (Å²) in [6, 6.07) is 16.8. The molecule has 4 rings (SSSR count). The van der Waals surface area contributed by atoms with Gasteiger partial charge in [0.1, 0.15) is 11.5 Å². The number of hydrogen-bond acceptors (Lipinski definition) is 4. The third-order valence-corrected chi connectivity index (χ3v) is 4.40. The number of methoxy groups -OCH3 is 1. The molecule has 5 nitrogen and oxygen atoms in total. The minimum atomic E-state index is -0.226. The predicted octanol–water partition coefficient (Wildman–Crippen LogP) is 4.08. The van der Waals surface area contributed by atoms with Gasteiger partial charge in [0.25, 0.3) is 5.91 Å². The first-order valence-electron chi connectivity index (χ1n) is 8.49. The van der Waals surface area contributed by atoms with E-state index in [1.807, 2.05) is 36.4 Å². The number of carbonyl (C=O) groups excluding carboxylic acids is 2. The summed E-state index contributed by atoms with van der Waals surface area (Å²) < 4.78 is 10.5. The van der Waals surface area contributed by atoms with Crippen LogP contribution >= 0.6 is 0 Å². The summed E-state index contributed by atoms with van der Waals surface area (Å²) in [4.78, 5) is 23.9. The van der Waals surface area contributed by atoms with Gasteiger partial charge >= 0.3 is 0 Å². The Labute approximate surface area is 156 Å². The average Bonchev–Trinajstić information content (AvgIpc) is 2.70. The number of allylic oxidation sites excluding steroid dienone is 1. The molecular formula is C22H17NO4. The van der Waals surface area contributed by atoms with E-state index in [1.54, 1.807) is 31.4 Å². The standard InChI is InChI=1S/C22H17NO4/c1-26-18-7-5-15-10-14(2-4-16(15)11-18)3-8-20(24)17-6-9-21-19(12-17)23-22(25)13-27-21/h2-12H,13H2,1H3,(H,23,25)/b8-3+. The highest BCUT2D eigenvalue weighted by Gasteiger charge is 2.17. The van der Waals surface area contributed by atoms with Gasteiger partial charge in [-0.25, -0.2) is 0 Å². The molecule has 0 spiro atoms. The van der Waals surface area contributed by atoms with Crippen LogP contribution < -0.4 is 14.8 Å². The van der Waals surface area contributed by atoms with E-state index in [9.17, 15) is 9.59 Å². The van der Waals surface area contributed by atoms with E-state index in [1.165, 1.54) is 6.08 Å². The number of anilines is 1. The topological polar surface area (TPSA) is 64.6 Å². The second kappa shape index (κ2) is 6.96. The van der Waals surface area contributed by atoms with Gasteiger partial charge in [-0.2, -0.15) is 0 Å². The smallest absolute Gasteiger partial charge is 0.262 e. The fourth-order valence-corrected chi connectivity index (χ4v) is 2.98. The Morgan fingerprint density at radius 1 is 1.07 bits per heavy atom. The molecule has 0 fully saturated rings. The van der Waals surface area contributed by atoms with Gasteiger partial charge in [-0.3, -0.25) is 9.59 Å². The van der Waals surface area contributed by atoms with Crippen molar-refractivity contribution in [3.8, 4) is 11.5 Å². The molecule has 0 unspecified atom stereocenters. The van der Waals surface area contributed by atoms with Crippen LogP contribution in [0.25, 0.3) is 16.8 Å². The largest absolute Gasteiger partial charge is 0.497 e. The molecule has 1 aliphatic rings. The molecule has 1 aliphatic heterocycles. The summed E-state index contributed by atoms with van der Waals surface area (Å²) in [5.74, 6) is 1.01. The van der Waals surface area contributed by atoms with Gasteiger partial charge in [0.2, 0.25) is 0 Å².